The van der Waals surface area contributed by atoms with E-state index in [2.05, 4.69) is 16.7 Å². The lowest BCUT2D eigenvalue weighted by Crippen LogP contribution is -2.41. The van der Waals surface area contributed by atoms with E-state index in [0.717, 1.165) is 16.5 Å². The van der Waals surface area contributed by atoms with Crippen molar-refractivity contribution in [3.63, 3.8) is 0 Å². The molecule has 2 heterocycles. The number of rotatable bonds is 4. The van der Waals surface area contributed by atoms with Gasteiger partial charge in [0.2, 0.25) is 0 Å². The number of fused-ring (bicyclic) bond motifs is 1. The van der Waals surface area contributed by atoms with Crippen LogP contribution >= 0.6 is 0 Å². The molecule has 0 radical (unpaired) electrons. The lowest BCUT2D eigenvalue weighted by molar-refractivity contribution is -0.143. The Morgan fingerprint density at radius 1 is 0.963 bits per heavy atom. The number of piperidine rings is 1. The number of carboxylic acid groups (broad SMARTS) is 1. The largest absolute Gasteiger partial charge is 0.481 e. The van der Waals surface area contributed by atoms with Gasteiger partial charge in [-0.2, -0.15) is 0 Å². The quantitative estimate of drug-likeness (QED) is 0.771. The van der Waals surface area contributed by atoms with Gasteiger partial charge in [-0.1, -0.05) is 48.5 Å². The second-order valence-corrected chi connectivity index (χ2v) is 7.06. The average molecular weight is 362 g/mol. The summed E-state index contributed by atoms with van der Waals surface area (Å²) in [6, 6.07) is 20.1. The normalized spacial score (nSPS) is 15.2. The molecule has 0 saturated carbocycles. The maximum absolute atomic E-state index is 13.2. The summed E-state index contributed by atoms with van der Waals surface area (Å²) in [6.07, 6.45) is 1.03. The van der Waals surface area contributed by atoms with Crippen LogP contribution in [0, 0.1) is 5.92 Å². The Morgan fingerprint density at radius 2 is 1.63 bits per heavy atom. The molecule has 1 fully saturated rings. The number of hydrogen-bond acceptors (Lipinski definition) is 2. The van der Waals surface area contributed by atoms with Gasteiger partial charge in [0, 0.05) is 30.5 Å². The molecule has 1 aliphatic heterocycles. The molecule has 0 spiro atoms. The Morgan fingerprint density at radius 3 is 2.33 bits per heavy atom. The van der Waals surface area contributed by atoms with Crippen molar-refractivity contribution in [2.45, 2.75) is 19.4 Å². The highest BCUT2D eigenvalue weighted by Crippen LogP contribution is 2.25. The fourth-order valence-corrected chi connectivity index (χ4v) is 3.82. The van der Waals surface area contributed by atoms with Crippen molar-refractivity contribution < 1.29 is 14.7 Å². The van der Waals surface area contributed by atoms with Gasteiger partial charge in [0.1, 0.15) is 5.69 Å². The number of para-hydroxylation sites is 1. The van der Waals surface area contributed by atoms with Crippen molar-refractivity contribution in [1.82, 2.24) is 9.47 Å². The molecule has 5 nitrogen and oxygen atoms in total. The first-order valence-electron chi connectivity index (χ1n) is 9.28. The molecule has 3 aromatic rings. The molecule has 1 N–H and O–H groups in total. The SMILES string of the molecule is O=C(O)C1CCN(C(=O)c2cc3ccccc3n2Cc2ccccc2)CC1. The van der Waals surface area contributed by atoms with Crippen LogP contribution in [-0.4, -0.2) is 39.5 Å². The van der Waals surface area contributed by atoms with Gasteiger partial charge in [0.05, 0.1) is 5.92 Å². The Kier molecular flexibility index (Phi) is 4.67. The molecule has 0 bridgehead atoms. The molecule has 138 valence electrons. The molecule has 1 aliphatic rings. The number of carbonyl (C=O) groups excluding carboxylic acids is 1. The fraction of sp³-hybridized carbons (Fsp3) is 0.273. The lowest BCUT2D eigenvalue weighted by atomic mass is 9.97. The van der Waals surface area contributed by atoms with Crippen molar-refractivity contribution in [2.75, 3.05) is 13.1 Å². The molecule has 0 unspecified atom stereocenters. The van der Waals surface area contributed by atoms with Crippen LogP contribution in [0.1, 0.15) is 28.9 Å². The third-order valence-corrected chi connectivity index (χ3v) is 5.34. The summed E-state index contributed by atoms with van der Waals surface area (Å²) in [5, 5.41) is 10.2. The lowest BCUT2D eigenvalue weighted by Gasteiger charge is -2.30. The zero-order valence-corrected chi connectivity index (χ0v) is 15.0. The molecule has 1 saturated heterocycles. The van der Waals surface area contributed by atoms with Gasteiger partial charge in [-0.05, 0) is 30.5 Å². The van der Waals surface area contributed by atoms with E-state index in [1.165, 1.54) is 0 Å². The number of likely N-dealkylation sites (tertiary alicyclic amines) is 1. The van der Waals surface area contributed by atoms with Crippen LogP contribution in [0.25, 0.3) is 10.9 Å². The first-order chi connectivity index (χ1) is 13.1. The summed E-state index contributed by atoms with van der Waals surface area (Å²) in [5.41, 5.74) is 2.83. The van der Waals surface area contributed by atoms with E-state index in [4.69, 9.17) is 0 Å². The molecule has 5 heteroatoms. The summed E-state index contributed by atoms with van der Waals surface area (Å²) < 4.78 is 2.07. The van der Waals surface area contributed by atoms with Gasteiger partial charge in [0.15, 0.2) is 0 Å². The first kappa shape index (κ1) is 17.3. The van der Waals surface area contributed by atoms with E-state index in [-0.39, 0.29) is 11.8 Å². The minimum atomic E-state index is -0.764. The molecule has 0 aliphatic carbocycles. The van der Waals surface area contributed by atoms with Crippen LogP contribution in [0.4, 0.5) is 0 Å². The van der Waals surface area contributed by atoms with E-state index in [1.807, 2.05) is 48.5 Å². The molecule has 27 heavy (non-hydrogen) atoms. The van der Waals surface area contributed by atoms with Crippen LogP contribution < -0.4 is 0 Å². The molecule has 4 rings (SSSR count). The number of aromatic nitrogens is 1. The maximum atomic E-state index is 13.2. The number of amides is 1. The second-order valence-electron chi connectivity index (χ2n) is 7.06. The Labute approximate surface area is 157 Å². The Balaban J connectivity index is 1.66. The van der Waals surface area contributed by atoms with Crippen molar-refractivity contribution in [2.24, 2.45) is 5.92 Å². The predicted molar refractivity (Wildman–Crippen MR) is 104 cm³/mol. The predicted octanol–water partition coefficient (Wildman–Crippen LogP) is 3.63. The number of carboxylic acids is 1. The van der Waals surface area contributed by atoms with E-state index < -0.39 is 5.97 Å². The molecule has 2 aromatic carbocycles. The Bertz CT molecular complexity index is 970. The number of aliphatic carboxylic acids is 1. The standard InChI is InChI=1S/C22H22N2O3/c25-21(23-12-10-17(11-13-23)22(26)27)20-14-18-8-4-5-9-19(18)24(20)15-16-6-2-1-3-7-16/h1-9,14,17H,10-13,15H2,(H,26,27). The summed E-state index contributed by atoms with van der Waals surface area (Å²) >= 11 is 0. The highest BCUT2D eigenvalue weighted by molar-refractivity contribution is 5.99. The highest BCUT2D eigenvalue weighted by Gasteiger charge is 2.29. The fourth-order valence-electron chi connectivity index (χ4n) is 3.82. The van der Waals surface area contributed by atoms with Gasteiger partial charge < -0.3 is 14.6 Å². The number of benzene rings is 2. The molecular weight excluding hydrogens is 340 g/mol. The average Bonchev–Trinajstić information content (AvgIpc) is 3.07. The molecule has 1 amide bonds. The van der Waals surface area contributed by atoms with Crippen LogP contribution in [0.3, 0.4) is 0 Å². The number of nitrogens with zero attached hydrogens (tertiary/aromatic N) is 2. The monoisotopic (exact) mass is 362 g/mol. The van der Waals surface area contributed by atoms with Crippen molar-refractivity contribution in [1.29, 1.82) is 0 Å². The van der Waals surface area contributed by atoms with Crippen molar-refractivity contribution in [3.05, 3.63) is 71.9 Å². The third-order valence-electron chi connectivity index (χ3n) is 5.34. The first-order valence-corrected chi connectivity index (χ1v) is 9.28. The summed E-state index contributed by atoms with van der Waals surface area (Å²) in [4.78, 5) is 26.2. The van der Waals surface area contributed by atoms with Crippen LogP contribution in [0.15, 0.2) is 60.7 Å². The molecular formula is C22H22N2O3. The maximum Gasteiger partial charge on any atom is 0.306 e. The van der Waals surface area contributed by atoms with E-state index in [1.54, 1.807) is 4.90 Å². The topological polar surface area (TPSA) is 62.5 Å². The van der Waals surface area contributed by atoms with Gasteiger partial charge in [-0.3, -0.25) is 9.59 Å². The van der Waals surface area contributed by atoms with Crippen molar-refractivity contribution in [3.8, 4) is 0 Å². The smallest absolute Gasteiger partial charge is 0.306 e. The summed E-state index contributed by atoms with van der Waals surface area (Å²) in [7, 11) is 0. The van der Waals surface area contributed by atoms with Crippen LogP contribution in [0.5, 0.6) is 0 Å². The second kappa shape index (κ2) is 7.27. The minimum absolute atomic E-state index is 0.0223. The van der Waals surface area contributed by atoms with Gasteiger partial charge in [0.25, 0.3) is 5.91 Å². The zero-order valence-electron chi connectivity index (χ0n) is 15.0. The molecule has 1 aromatic heterocycles. The van der Waals surface area contributed by atoms with Gasteiger partial charge in [-0.15, -0.1) is 0 Å². The summed E-state index contributed by atoms with van der Waals surface area (Å²) in [6.45, 7) is 1.60. The van der Waals surface area contributed by atoms with E-state index in [0.29, 0.717) is 38.2 Å². The van der Waals surface area contributed by atoms with E-state index in [9.17, 15) is 14.7 Å². The van der Waals surface area contributed by atoms with Crippen molar-refractivity contribution >= 4 is 22.8 Å². The van der Waals surface area contributed by atoms with Gasteiger partial charge in [-0.25, -0.2) is 0 Å². The van der Waals surface area contributed by atoms with Crippen LogP contribution in [-0.2, 0) is 11.3 Å². The van der Waals surface area contributed by atoms with Gasteiger partial charge >= 0.3 is 5.97 Å². The highest BCUT2D eigenvalue weighted by atomic mass is 16.4. The number of hydrogen-bond donors (Lipinski definition) is 1. The Hall–Kier alpha value is -3.08. The minimum Gasteiger partial charge on any atom is -0.481 e. The number of carbonyl (C=O) groups is 2. The van der Waals surface area contributed by atoms with E-state index >= 15 is 0 Å². The third kappa shape index (κ3) is 3.45. The summed E-state index contributed by atoms with van der Waals surface area (Å²) in [5.74, 6) is -1.13. The molecule has 0 atom stereocenters. The van der Waals surface area contributed by atoms with Crippen LogP contribution in [0.2, 0.25) is 0 Å². The zero-order chi connectivity index (χ0) is 18.8.